The molecule has 2 aromatic carbocycles. The summed E-state index contributed by atoms with van der Waals surface area (Å²) in [7, 11) is 0. The number of carbonyl (C=O) groups excluding carboxylic acids is 3. The van der Waals surface area contributed by atoms with Crippen molar-refractivity contribution < 1.29 is 14.4 Å². The zero-order valence-corrected chi connectivity index (χ0v) is 17.5. The van der Waals surface area contributed by atoms with Crippen molar-refractivity contribution in [2.24, 2.45) is 0 Å². The molecule has 2 unspecified atom stereocenters. The van der Waals surface area contributed by atoms with Crippen LogP contribution in [0.15, 0.2) is 72.1 Å². The molecular weight excluding hydrogens is 410 g/mol. The minimum atomic E-state index is -1.06. The quantitative estimate of drug-likeness (QED) is 0.608. The first-order valence-corrected chi connectivity index (χ1v) is 11.1. The van der Waals surface area contributed by atoms with Crippen LogP contribution in [0.1, 0.15) is 34.0 Å². The third kappa shape index (κ3) is 3.31. The van der Waals surface area contributed by atoms with E-state index in [1.54, 1.807) is 11.3 Å². The first-order valence-electron chi connectivity index (χ1n) is 10.2. The fourth-order valence-corrected chi connectivity index (χ4v) is 5.31. The summed E-state index contributed by atoms with van der Waals surface area (Å²) in [5.41, 5.74) is 1.78. The number of benzene rings is 2. The molecule has 0 radical (unpaired) electrons. The van der Waals surface area contributed by atoms with Crippen molar-refractivity contribution in [2.75, 3.05) is 6.54 Å². The van der Waals surface area contributed by atoms with E-state index in [1.165, 1.54) is 0 Å². The number of aryl methyl sites for hydroxylation is 1. The minimum absolute atomic E-state index is 0.316. The van der Waals surface area contributed by atoms with E-state index in [0.29, 0.717) is 6.42 Å². The van der Waals surface area contributed by atoms with E-state index in [2.05, 4.69) is 10.6 Å². The van der Waals surface area contributed by atoms with Crippen LogP contribution in [0.25, 0.3) is 0 Å². The molecule has 31 heavy (non-hydrogen) atoms. The van der Waals surface area contributed by atoms with Gasteiger partial charge in [-0.05, 0) is 41.0 Å². The van der Waals surface area contributed by atoms with E-state index in [1.807, 2.05) is 72.1 Å². The number of nitrogens with zero attached hydrogens (tertiary/aromatic N) is 1. The van der Waals surface area contributed by atoms with Crippen LogP contribution in [0.4, 0.5) is 4.79 Å². The molecule has 5 rings (SSSR count). The van der Waals surface area contributed by atoms with Gasteiger partial charge >= 0.3 is 6.03 Å². The second kappa shape index (κ2) is 7.67. The average Bonchev–Trinajstić information content (AvgIpc) is 3.50. The van der Waals surface area contributed by atoms with E-state index >= 15 is 0 Å². The number of hydrogen-bond donors (Lipinski definition) is 2. The Morgan fingerprint density at radius 1 is 1.06 bits per heavy atom. The molecule has 2 N–H and O–H groups in total. The van der Waals surface area contributed by atoms with Crippen molar-refractivity contribution in [1.82, 2.24) is 15.5 Å². The smallest absolute Gasteiger partial charge is 0.325 e. The Balaban J connectivity index is 1.36. The number of urea groups is 1. The highest BCUT2D eigenvalue weighted by molar-refractivity contribution is 7.10. The van der Waals surface area contributed by atoms with Crippen molar-refractivity contribution in [1.29, 1.82) is 0 Å². The van der Waals surface area contributed by atoms with E-state index in [4.69, 9.17) is 0 Å². The van der Waals surface area contributed by atoms with Crippen molar-refractivity contribution in [3.05, 3.63) is 93.7 Å². The Bertz CT molecular complexity index is 1150. The molecule has 1 fully saturated rings. The van der Waals surface area contributed by atoms with Crippen LogP contribution >= 0.6 is 11.3 Å². The molecule has 1 aliphatic carbocycles. The van der Waals surface area contributed by atoms with Crippen molar-refractivity contribution in [3.63, 3.8) is 0 Å². The van der Waals surface area contributed by atoms with Gasteiger partial charge in [0.2, 0.25) is 5.91 Å². The van der Waals surface area contributed by atoms with Crippen molar-refractivity contribution >= 4 is 29.2 Å². The summed E-state index contributed by atoms with van der Waals surface area (Å²) in [5, 5.41) is 7.82. The first kappa shape index (κ1) is 19.5. The van der Waals surface area contributed by atoms with Gasteiger partial charge in [0.15, 0.2) is 0 Å². The number of imide groups is 1. The molecule has 0 saturated carbocycles. The summed E-state index contributed by atoms with van der Waals surface area (Å²) >= 11 is 1.54. The lowest BCUT2D eigenvalue weighted by Gasteiger charge is -2.23. The largest absolute Gasteiger partial charge is 0.343 e. The Labute approximate surface area is 183 Å². The van der Waals surface area contributed by atoms with E-state index < -0.39 is 11.6 Å². The predicted octanol–water partition coefficient (Wildman–Crippen LogP) is 3.35. The zero-order chi connectivity index (χ0) is 21.4. The summed E-state index contributed by atoms with van der Waals surface area (Å²) < 4.78 is 0. The van der Waals surface area contributed by atoms with Gasteiger partial charge in [-0.2, -0.15) is 0 Å². The van der Waals surface area contributed by atoms with Gasteiger partial charge in [0.1, 0.15) is 12.1 Å². The van der Waals surface area contributed by atoms with Crippen LogP contribution in [0.3, 0.4) is 0 Å². The summed E-state index contributed by atoms with van der Waals surface area (Å²) in [4.78, 5) is 40.9. The molecular formula is C24H21N3O3S. The fourth-order valence-electron chi connectivity index (χ4n) is 4.50. The van der Waals surface area contributed by atoms with Crippen LogP contribution in [-0.2, 0) is 21.5 Å². The second-order valence-electron chi connectivity index (χ2n) is 7.81. The maximum Gasteiger partial charge on any atom is 0.325 e. The van der Waals surface area contributed by atoms with Gasteiger partial charge in [0.25, 0.3) is 5.91 Å². The summed E-state index contributed by atoms with van der Waals surface area (Å²) in [6, 6.07) is 20.3. The van der Waals surface area contributed by atoms with Crippen LogP contribution in [-0.4, -0.2) is 29.3 Å². The number of thiophene rings is 1. The number of fused-ring (bicyclic) bond motifs is 2. The second-order valence-corrected chi connectivity index (χ2v) is 8.79. The molecule has 2 aliphatic rings. The topological polar surface area (TPSA) is 78.5 Å². The predicted molar refractivity (Wildman–Crippen MR) is 117 cm³/mol. The molecule has 1 spiro atoms. The van der Waals surface area contributed by atoms with Crippen LogP contribution in [0.2, 0.25) is 0 Å². The summed E-state index contributed by atoms with van der Waals surface area (Å²) in [6.07, 6.45) is 1.23. The highest BCUT2D eigenvalue weighted by atomic mass is 32.1. The number of nitrogens with one attached hydrogen (secondary N) is 2. The monoisotopic (exact) mass is 431 g/mol. The molecule has 0 bridgehead atoms. The molecule has 7 heteroatoms. The van der Waals surface area contributed by atoms with Gasteiger partial charge in [-0.25, -0.2) is 4.79 Å². The van der Waals surface area contributed by atoms with Crippen LogP contribution in [0.5, 0.6) is 0 Å². The van der Waals surface area contributed by atoms with Crippen molar-refractivity contribution in [2.45, 2.75) is 24.4 Å². The van der Waals surface area contributed by atoms with E-state index in [-0.39, 0.29) is 24.4 Å². The lowest BCUT2D eigenvalue weighted by molar-refractivity contribution is -0.135. The third-order valence-corrected chi connectivity index (χ3v) is 6.93. The lowest BCUT2D eigenvalue weighted by Crippen LogP contribution is -2.44. The van der Waals surface area contributed by atoms with Gasteiger partial charge in [-0.1, -0.05) is 60.7 Å². The van der Waals surface area contributed by atoms with Gasteiger partial charge < -0.3 is 10.6 Å². The van der Waals surface area contributed by atoms with Gasteiger partial charge in [-0.15, -0.1) is 11.3 Å². The van der Waals surface area contributed by atoms with Gasteiger partial charge in [-0.3, -0.25) is 14.5 Å². The lowest BCUT2D eigenvalue weighted by atomic mass is 9.92. The third-order valence-electron chi connectivity index (χ3n) is 5.99. The number of carbonyl (C=O) groups is 3. The maximum atomic E-state index is 13.3. The average molecular weight is 432 g/mol. The summed E-state index contributed by atoms with van der Waals surface area (Å²) in [6.45, 7) is -0.316. The Morgan fingerprint density at radius 2 is 1.84 bits per heavy atom. The molecule has 1 aliphatic heterocycles. The molecule has 1 aromatic heterocycles. The molecule has 3 aromatic rings. The van der Waals surface area contributed by atoms with Gasteiger partial charge in [0, 0.05) is 4.88 Å². The first-order chi connectivity index (χ1) is 15.1. The number of rotatable bonds is 5. The van der Waals surface area contributed by atoms with Crippen LogP contribution < -0.4 is 10.6 Å². The standard InChI is InChI=1S/C24H21N3O3S/c28-20(25-21(19-11-6-14-31-19)17-8-2-1-3-9-17)15-27-22(29)24(26-23(27)30)13-12-16-7-4-5-10-18(16)24/h1-11,14,21H,12-13,15H2,(H,25,28)(H,26,30). The molecule has 1 saturated heterocycles. The highest BCUT2D eigenvalue weighted by Crippen LogP contribution is 2.41. The summed E-state index contributed by atoms with van der Waals surface area (Å²) in [5.74, 6) is -0.737. The molecule has 6 nitrogen and oxygen atoms in total. The Kier molecular flexibility index (Phi) is 4.82. The molecule has 156 valence electrons. The van der Waals surface area contributed by atoms with Crippen molar-refractivity contribution in [3.8, 4) is 0 Å². The highest BCUT2D eigenvalue weighted by Gasteiger charge is 2.55. The Hall–Kier alpha value is -3.45. The number of hydrogen-bond acceptors (Lipinski definition) is 4. The molecule has 2 atom stereocenters. The zero-order valence-electron chi connectivity index (χ0n) is 16.7. The maximum absolute atomic E-state index is 13.3. The fraction of sp³-hybridized carbons (Fsp3) is 0.208. The number of amides is 4. The SMILES string of the molecule is O=C(CN1C(=O)NC2(CCc3ccccc32)C1=O)NC(c1ccccc1)c1cccs1. The molecule has 4 amide bonds. The molecule has 2 heterocycles. The Morgan fingerprint density at radius 3 is 2.61 bits per heavy atom. The van der Waals surface area contributed by atoms with Crippen LogP contribution in [0, 0.1) is 0 Å². The van der Waals surface area contributed by atoms with Gasteiger partial charge in [0.05, 0.1) is 6.04 Å². The van der Waals surface area contributed by atoms with E-state index in [0.717, 1.165) is 32.9 Å². The minimum Gasteiger partial charge on any atom is -0.343 e. The normalized spacial score (nSPS) is 20.6. The van der Waals surface area contributed by atoms with E-state index in [9.17, 15) is 14.4 Å².